The van der Waals surface area contributed by atoms with Crippen LogP contribution in [-0.4, -0.2) is 53.4 Å². The van der Waals surface area contributed by atoms with Gasteiger partial charge in [0.1, 0.15) is 0 Å². The maximum atomic E-state index is 12.8. The van der Waals surface area contributed by atoms with Crippen molar-refractivity contribution in [3.63, 3.8) is 0 Å². The van der Waals surface area contributed by atoms with E-state index in [2.05, 4.69) is 37.5 Å². The van der Waals surface area contributed by atoms with Crippen molar-refractivity contribution in [1.82, 2.24) is 4.90 Å². The van der Waals surface area contributed by atoms with Crippen molar-refractivity contribution in [2.75, 3.05) is 19.6 Å². The van der Waals surface area contributed by atoms with E-state index in [1.165, 1.54) is 31.3 Å². The topological polar surface area (TPSA) is 43.7 Å². The van der Waals surface area contributed by atoms with Crippen LogP contribution in [0.2, 0.25) is 0 Å². The lowest BCUT2D eigenvalue weighted by Crippen LogP contribution is -2.52. The predicted octanol–water partition coefficient (Wildman–Crippen LogP) is 4.96. The number of aliphatic hydroxyl groups excluding tert-OH is 2. The molecule has 0 aromatic rings. The Morgan fingerprint density at radius 3 is 2.68 bits per heavy atom. The molecule has 0 radical (unpaired) electrons. The summed E-state index contributed by atoms with van der Waals surface area (Å²) in [6, 6.07) is 0. The van der Waals surface area contributed by atoms with Gasteiger partial charge < -0.3 is 15.1 Å². The van der Waals surface area contributed by atoms with Crippen LogP contribution in [0.15, 0.2) is 35.5 Å². The molecule has 174 valence electrons. The van der Waals surface area contributed by atoms with Gasteiger partial charge in [0.05, 0.1) is 12.2 Å². The molecule has 0 spiro atoms. The molecule has 3 aliphatic carbocycles. The fourth-order valence-corrected chi connectivity index (χ4v) is 7.13. The highest BCUT2D eigenvalue weighted by Crippen LogP contribution is 2.59. The quantitative estimate of drug-likeness (QED) is 0.641. The first-order valence-electron chi connectivity index (χ1n) is 12.1. The average Bonchev–Trinajstić information content (AvgIpc) is 3.03. The third kappa shape index (κ3) is 4.56. The SMILES string of the molecule is C=C1/C(=C\C=C2/CCC[C@]3(C)[C@@H]([C@H](C)CN4CC(C(F)F)C4)CC[C@@H]23)C[C@@H](O)C[C@@H]1O. The van der Waals surface area contributed by atoms with Gasteiger partial charge in [-0.3, -0.25) is 0 Å². The third-order valence-corrected chi connectivity index (χ3v) is 8.88. The minimum Gasteiger partial charge on any atom is -0.393 e. The van der Waals surface area contributed by atoms with Crippen LogP contribution in [0.5, 0.6) is 0 Å². The van der Waals surface area contributed by atoms with E-state index in [1.54, 1.807) is 0 Å². The van der Waals surface area contributed by atoms with Gasteiger partial charge in [0.15, 0.2) is 0 Å². The van der Waals surface area contributed by atoms with Gasteiger partial charge in [0.25, 0.3) is 0 Å². The molecule has 31 heavy (non-hydrogen) atoms. The Labute approximate surface area is 185 Å². The molecule has 6 atom stereocenters. The summed E-state index contributed by atoms with van der Waals surface area (Å²) in [4.78, 5) is 2.22. The van der Waals surface area contributed by atoms with Crippen molar-refractivity contribution >= 4 is 0 Å². The molecule has 3 saturated carbocycles. The first-order chi connectivity index (χ1) is 14.7. The van der Waals surface area contributed by atoms with Crippen molar-refractivity contribution < 1.29 is 19.0 Å². The molecule has 0 bridgehead atoms. The molecule has 4 rings (SSSR count). The summed E-state index contributed by atoms with van der Waals surface area (Å²) in [5.74, 6) is 1.30. The number of alkyl halides is 2. The van der Waals surface area contributed by atoms with Gasteiger partial charge in [-0.2, -0.15) is 0 Å². The lowest BCUT2D eigenvalue weighted by atomic mass is 9.61. The van der Waals surface area contributed by atoms with E-state index in [1.807, 2.05) is 0 Å². The van der Waals surface area contributed by atoms with Gasteiger partial charge in [0, 0.05) is 32.0 Å². The molecule has 5 heteroatoms. The highest BCUT2D eigenvalue weighted by molar-refractivity contribution is 5.38. The molecule has 0 aromatic heterocycles. The molecule has 2 N–H and O–H groups in total. The molecule has 0 unspecified atom stereocenters. The molecular formula is C26H39F2NO2. The minimum atomic E-state index is -2.18. The zero-order chi connectivity index (χ0) is 22.3. The monoisotopic (exact) mass is 435 g/mol. The standard InChI is InChI=1S/C26H39F2NO2/c1-16(13-29-14-20(15-29)25(27)28)22-8-9-23-18(5-4-10-26(22,23)3)6-7-19-11-21(30)12-24(31)17(19)2/h6-7,16,20-25,30-31H,2,4-5,8-15H2,1,3H3/b18-6+,19-7-/t16-,21-,22-,23+,24+,26-/m1/s1. The number of likely N-dealkylation sites (tertiary alicyclic amines) is 1. The number of allylic oxidation sites excluding steroid dienone is 3. The second-order valence-electron chi connectivity index (χ2n) is 11.0. The maximum Gasteiger partial charge on any atom is 0.243 e. The number of hydrogen-bond donors (Lipinski definition) is 2. The van der Waals surface area contributed by atoms with E-state index in [4.69, 9.17) is 0 Å². The van der Waals surface area contributed by atoms with E-state index in [0.717, 1.165) is 24.1 Å². The van der Waals surface area contributed by atoms with Crippen LogP contribution in [0.25, 0.3) is 0 Å². The fourth-order valence-electron chi connectivity index (χ4n) is 7.13. The number of aliphatic hydroxyl groups is 2. The van der Waals surface area contributed by atoms with Crippen molar-refractivity contribution in [2.45, 2.75) is 77.4 Å². The molecule has 4 fully saturated rings. The van der Waals surface area contributed by atoms with Crippen molar-refractivity contribution in [1.29, 1.82) is 0 Å². The Kier molecular flexibility index (Phi) is 6.77. The summed E-state index contributed by atoms with van der Waals surface area (Å²) >= 11 is 0. The highest BCUT2D eigenvalue weighted by atomic mass is 19.3. The molecule has 1 aliphatic heterocycles. The number of nitrogens with zero attached hydrogens (tertiary/aromatic N) is 1. The maximum absolute atomic E-state index is 12.8. The van der Waals surface area contributed by atoms with Gasteiger partial charge in [-0.15, -0.1) is 0 Å². The predicted molar refractivity (Wildman–Crippen MR) is 120 cm³/mol. The van der Waals surface area contributed by atoms with Crippen LogP contribution in [0.4, 0.5) is 8.78 Å². The molecule has 0 aromatic carbocycles. The minimum absolute atomic E-state index is 0.275. The van der Waals surface area contributed by atoms with Crippen LogP contribution < -0.4 is 0 Å². The van der Waals surface area contributed by atoms with E-state index >= 15 is 0 Å². The van der Waals surface area contributed by atoms with Crippen LogP contribution in [0.1, 0.15) is 58.8 Å². The zero-order valence-electron chi connectivity index (χ0n) is 19.1. The van der Waals surface area contributed by atoms with Crippen molar-refractivity contribution in [2.24, 2.45) is 29.1 Å². The first-order valence-corrected chi connectivity index (χ1v) is 12.1. The van der Waals surface area contributed by atoms with E-state index in [9.17, 15) is 19.0 Å². The smallest absolute Gasteiger partial charge is 0.243 e. The Bertz CT molecular complexity index is 742. The van der Waals surface area contributed by atoms with Crippen molar-refractivity contribution in [3.05, 3.63) is 35.5 Å². The zero-order valence-corrected chi connectivity index (χ0v) is 19.1. The highest BCUT2D eigenvalue weighted by Gasteiger charge is 2.51. The molecule has 4 aliphatic rings. The molecular weight excluding hydrogens is 396 g/mol. The number of fused-ring (bicyclic) bond motifs is 1. The summed E-state index contributed by atoms with van der Waals surface area (Å²) in [6.45, 7) is 10.9. The van der Waals surface area contributed by atoms with E-state index < -0.39 is 24.6 Å². The molecule has 1 saturated heterocycles. The average molecular weight is 436 g/mol. The van der Waals surface area contributed by atoms with Crippen LogP contribution in [0, 0.1) is 29.1 Å². The summed E-state index contributed by atoms with van der Waals surface area (Å²) in [6.07, 6.45) is 7.93. The Balaban J connectivity index is 1.43. The van der Waals surface area contributed by atoms with E-state index in [-0.39, 0.29) is 5.41 Å². The Morgan fingerprint density at radius 2 is 1.97 bits per heavy atom. The normalized spacial score (nSPS) is 41.1. The number of halogens is 2. The summed E-state index contributed by atoms with van der Waals surface area (Å²) < 4.78 is 25.6. The van der Waals surface area contributed by atoms with Crippen LogP contribution >= 0.6 is 0 Å². The van der Waals surface area contributed by atoms with Gasteiger partial charge in [-0.05, 0) is 72.8 Å². The van der Waals surface area contributed by atoms with Crippen molar-refractivity contribution in [3.8, 4) is 0 Å². The van der Waals surface area contributed by atoms with Gasteiger partial charge >= 0.3 is 0 Å². The fraction of sp³-hybridized carbons (Fsp3) is 0.769. The van der Waals surface area contributed by atoms with Gasteiger partial charge in [0.2, 0.25) is 6.43 Å². The van der Waals surface area contributed by atoms with Gasteiger partial charge in [-0.25, -0.2) is 8.78 Å². The largest absolute Gasteiger partial charge is 0.393 e. The summed E-state index contributed by atoms with van der Waals surface area (Å²) in [7, 11) is 0. The Morgan fingerprint density at radius 1 is 1.23 bits per heavy atom. The first kappa shape index (κ1) is 23.1. The summed E-state index contributed by atoms with van der Waals surface area (Å²) in [5.41, 5.74) is 3.49. The molecule has 1 heterocycles. The van der Waals surface area contributed by atoms with Crippen LogP contribution in [-0.2, 0) is 0 Å². The van der Waals surface area contributed by atoms with Crippen LogP contribution in [0.3, 0.4) is 0 Å². The molecule has 3 nitrogen and oxygen atoms in total. The third-order valence-electron chi connectivity index (χ3n) is 8.88. The second-order valence-corrected chi connectivity index (χ2v) is 11.0. The Hall–Kier alpha value is -1.04. The lowest BCUT2D eigenvalue weighted by Gasteiger charge is -2.47. The molecule has 0 amide bonds. The van der Waals surface area contributed by atoms with E-state index in [0.29, 0.717) is 43.7 Å². The van der Waals surface area contributed by atoms with Gasteiger partial charge in [-0.1, -0.05) is 38.2 Å². The number of rotatable bonds is 5. The number of hydrogen-bond acceptors (Lipinski definition) is 3. The summed E-state index contributed by atoms with van der Waals surface area (Å²) in [5, 5.41) is 20.1. The second kappa shape index (κ2) is 9.07. The lowest BCUT2D eigenvalue weighted by molar-refractivity contribution is -0.0381.